The normalized spacial score (nSPS) is 12.4. The van der Waals surface area contributed by atoms with Gasteiger partial charge in [0.05, 0.1) is 12.7 Å². The molecule has 0 radical (unpaired) electrons. The van der Waals surface area contributed by atoms with Crippen LogP contribution >= 0.6 is 0 Å². The molecule has 3 nitrogen and oxygen atoms in total. The average molecular weight is 256 g/mol. The highest BCUT2D eigenvalue weighted by atomic mass is 19.1. The van der Waals surface area contributed by atoms with E-state index in [1.807, 2.05) is 0 Å². The smallest absolute Gasteiger partial charge is 0.132 e. The molecular formula is C14H21FO3. The zero-order valence-electron chi connectivity index (χ0n) is 11.0. The molecule has 1 aromatic rings. The fraction of sp³-hybridized carbons (Fsp3) is 0.571. The van der Waals surface area contributed by atoms with Crippen LogP contribution in [-0.2, 0) is 4.74 Å². The van der Waals surface area contributed by atoms with Gasteiger partial charge in [0.2, 0.25) is 0 Å². The summed E-state index contributed by atoms with van der Waals surface area (Å²) < 4.78 is 24.2. The van der Waals surface area contributed by atoms with E-state index < -0.39 is 11.9 Å². The molecule has 1 aromatic carbocycles. The minimum absolute atomic E-state index is 0.279. The summed E-state index contributed by atoms with van der Waals surface area (Å²) in [6, 6.07) is 4.47. The number of aliphatic hydroxyl groups is 1. The van der Waals surface area contributed by atoms with E-state index in [0.29, 0.717) is 19.0 Å². The standard InChI is InChI=1S/C14H21FO3/c1-3-4-7-17-8-9-18-12-5-6-13(11(2)16)14(15)10-12/h5-6,10-11,16H,3-4,7-9H2,1-2H3/t11-/m0/s1. The van der Waals surface area contributed by atoms with Gasteiger partial charge in [0.1, 0.15) is 18.2 Å². The zero-order chi connectivity index (χ0) is 13.4. The van der Waals surface area contributed by atoms with Gasteiger partial charge >= 0.3 is 0 Å². The molecule has 1 atom stereocenters. The number of benzene rings is 1. The molecule has 102 valence electrons. The van der Waals surface area contributed by atoms with Crippen LogP contribution in [0.25, 0.3) is 0 Å². The largest absolute Gasteiger partial charge is 0.491 e. The molecule has 0 saturated heterocycles. The minimum atomic E-state index is -0.809. The number of halogens is 1. The summed E-state index contributed by atoms with van der Waals surface area (Å²) in [5.41, 5.74) is 0.279. The molecule has 1 N–H and O–H groups in total. The van der Waals surface area contributed by atoms with Crippen LogP contribution in [0.5, 0.6) is 5.75 Å². The number of rotatable bonds is 8. The summed E-state index contributed by atoms with van der Waals surface area (Å²) in [7, 11) is 0. The van der Waals surface area contributed by atoms with E-state index in [1.165, 1.54) is 19.1 Å². The molecule has 18 heavy (non-hydrogen) atoms. The summed E-state index contributed by atoms with van der Waals surface area (Å²) in [4.78, 5) is 0. The van der Waals surface area contributed by atoms with Gasteiger partial charge in [0.25, 0.3) is 0 Å². The van der Waals surface area contributed by atoms with Crippen molar-refractivity contribution in [2.24, 2.45) is 0 Å². The van der Waals surface area contributed by atoms with Crippen molar-refractivity contribution in [1.82, 2.24) is 0 Å². The lowest BCUT2D eigenvalue weighted by atomic mass is 10.1. The van der Waals surface area contributed by atoms with Crippen LogP contribution in [0.1, 0.15) is 38.4 Å². The molecule has 0 heterocycles. The van der Waals surface area contributed by atoms with Gasteiger partial charge in [-0.25, -0.2) is 4.39 Å². The third-order valence-corrected chi connectivity index (χ3v) is 2.56. The van der Waals surface area contributed by atoms with E-state index in [0.717, 1.165) is 19.4 Å². The fourth-order valence-corrected chi connectivity index (χ4v) is 1.50. The van der Waals surface area contributed by atoms with Gasteiger partial charge in [0.15, 0.2) is 0 Å². The van der Waals surface area contributed by atoms with E-state index in [2.05, 4.69) is 6.92 Å². The second kappa shape index (κ2) is 8.06. The van der Waals surface area contributed by atoms with Crippen LogP contribution in [0.3, 0.4) is 0 Å². The van der Waals surface area contributed by atoms with Gasteiger partial charge in [-0.05, 0) is 25.5 Å². The van der Waals surface area contributed by atoms with E-state index in [4.69, 9.17) is 9.47 Å². The molecule has 0 saturated carbocycles. The van der Waals surface area contributed by atoms with Gasteiger partial charge in [-0.1, -0.05) is 13.3 Å². The maximum Gasteiger partial charge on any atom is 0.132 e. The maximum atomic E-state index is 13.5. The third kappa shape index (κ3) is 5.02. The molecule has 0 aromatic heterocycles. The molecule has 0 aliphatic heterocycles. The van der Waals surface area contributed by atoms with Crippen LogP contribution in [0, 0.1) is 5.82 Å². The van der Waals surface area contributed by atoms with E-state index in [1.54, 1.807) is 6.07 Å². The number of hydrogen-bond acceptors (Lipinski definition) is 3. The highest BCUT2D eigenvalue weighted by molar-refractivity contribution is 5.29. The molecule has 0 spiro atoms. The van der Waals surface area contributed by atoms with Crippen molar-refractivity contribution in [1.29, 1.82) is 0 Å². The molecule has 0 aliphatic carbocycles. The minimum Gasteiger partial charge on any atom is -0.491 e. The third-order valence-electron chi connectivity index (χ3n) is 2.56. The van der Waals surface area contributed by atoms with Crippen molar-refractivity contribution >= 4 is 0 Å². The topological polar surface area (TPSA) is 38.7 Å². The zero-order valence-corrected chi connectivity index (χ0v) is 11.0. The summed E-state index contributed by atoms with van der Waals surface area (Å²) in [5, 5.41) is 9.29. The summed E-state index contributed by atoms with van der Waals surface area (Å²) in [5.74, 6) is 0.00499. The van der Waals surface area contributed by atoms with Crippen molar-refractivity contribution < 1.29 is 19.0 Å². The molecule has 0 aliphatic rings. The predicted octanol–water partition coefficient (Wildman–Crippen LogP) is 3.07. The van der Waals surface area contributed by atoms with Crippen LogP contribution in [0.4, 0.5) is 4.39 Å². The monoisotopic (exact) mass is 256 g/mol. The van der Waals surface area contributed by atoms with Gasteiger partial charge in [0, 0.05) is 18.2 Å². The Kier molecular flexibility index (Phi) is 6.68. The highest BCUT2D eigenvalue weighted by Crippen LogP contribution is 2.21. The van der Waals surface area contributed by atoms with Crippen LogP contribution < -0.4 is 4.74 Å². The fourth-order valence-electron chi connectivity index (χ4n) is 1.50. The Bertz CT molecular complexity index is 353. The Morgan fingerprint density at radius 2 is 2.06 bits per heavy atom. The van der Waals surface area contributed by atoms with Crippen LogP contribution in [-0.4, -0.2) is 24.9 Å². The molecule has 4 heteroatoms. The molecule has 0 amide bonds. The van der Waals surface area contributed by atoms with Crippen molar-refractivity contribution in [3.63, 3.8) is 0 Å². The SMILES string of the molecule is CCCCOCCOc1ccc([C@H](C)O)c(F)c1. The first-order chi connectivity index (χ1) is 8.65. The van der Waals surface area contributed by atoms with Crippen LogP contribution in [0.2, 0.25) is 0 Å². The summed E-state index contributed by atoms with van der Waals surface area (Å²) >= 11 is 0. The Morgan fingerprint density at radius 1 is 1.28 bits per heavy atom. The van der Waals surface area contributed by atoms with Gasteiger partial charge < -0.3 is 14.6 Å². The number of unbranched alkanes of at least 4 members (excludes halogenated alkanes) is 1. The molecule has 0 fully saturated rings. The molecule has 0 bridgehead atoms. The van der Waals surface area contributed by atoms with Crippen molar-refractivity contribution in [2.45, 2.75) is 32.8 Å². The van der Waals surface area contributed by atoms with Crippen molar-refractivity contribution in [3.8, 4) is 5.75 Å². The average Bonchev–Trinajstić information content (AvgIpc) is 2.33. The molecule has 1 rings (SSSR count). The quantitative estimate of drug-likeness (QED) is 0.726. The first-order valence-corrected chi connectivity index (χ1v) is 6.33. The van der Waals surface area contributed by atoms with Gasteiger partial charge in [-0.3, -0.25) is 0 Å². The maximum absolute atomic E-state index is 13.5. The van der Waals surface area contributed by atoms with E-state index >= 15 is 0 Å². The van der Waals surface area contributed by atoms with Crippen molar-refractivity contribution in [3.05, 3.63) is 29.6 Å². The summed E-state index contributed by atoms with van der Waals surface area (Å²) in [6.07, 6.45) is 1.33. The second-order valence-electron chi connectivity index (χ2n) is 4.17. The summed E-state index contributed by atoms with van der Waals surface area (Å²) in [6.45, 7) is 5.26. The predicted molar refractivity (Wildman–Crippen MR) is 68.3 cm³/mol. The lowest BCUT2D eigenvalue weighted by Gasteiger charge is -2.10. The van der Waals surface area contributed by atoms with E-state index in [-0.39, 0.29) is 5.56 Å². The lowest BCUT2D eigenvalue weighted by Crippen LogP contribution is -2.08. The van der Waals surface area contributed by atoms with Gasteiger partial charge in [-0.15, -0.1) is 0 Å². The van der Waals surface area contributed by atoms with Crippen LogP contribution in [0.15, 0.2) is 18.2 Å². The van der Waals surface area contributed by atoms with E-state index in [9.17, 15) is 9.50 Å². The second-order valence-corrected chi connectivity index (χ2v) is 4.17. The highest BCUT2D eigenvalue weighted by Gasteiger charge is 2.08. The Labute approximate surface area is 108 Å². The lowest BCUT2D eigenvalue weighted by molar-refractivity contribution is 0.0979. The first kappa shape index (κ1) is 14.9. The first-order valence-electron chi connectivity index (χ1n) is 6.33. The number of aliphatic hydroxyl groups excluding tert-OH is 1. The Hall–Kier alpha value is -1.13. The Balaban J connectivity index is 2.33. The Morgan fingerprint density at radius 3 is 2.67 bits per heavy atom. The molecular weight excluding hydrogens is 235 g/mol. The number of ether oxygens (including phenoxy) is 2. The molecule has 0 unspecified atom stereocenters. The van der Waals surface area contributed by atoms with Crippen molar-refractivity contribution in [2.75, 3.05) is 19.8 Å². The number of hydrogen-bond donors (Lipinski definition) is 1. The van der Waals surface area contributed by atoms with Gasteiger partial charge in [-0.2, -0.15) is 0 Å².